The number of carbonyl (C=O) groups is 1. The number of hydrogen-bond acceptors (Lipinski definition) is 3. The van der Waals surface area contributed by atoms with Crippen molar-refractivity contribution in [1.29, 1.82) is 0 Å². The van der Waals surface area contributed by atoms with E-state index in [1.54, 1.807) is 0 Å². The molecule has 4 rings (SSSR count). The molecule has 0 spiro atoms. The predicted molar refractivity (Wildman–Crippen MR) is 114 cm³/mol. The molecule has 0 aliphatic rings. The van der Waals surface area contributed by atoms with Gasteiger partial charge in [0.25, 0.3) is 5.91 Å². The summed E-state index contributed by atoms with van der Waals surface area (Å²) >= 11 is 0. The van der Waals surface area contributed by atoms with Crippen molar-refractivity contribution in [2.24, 2.45) is 0 Å². The number of benzene rings is 1. The predicted octanol–water partition coefficient (Wildman–Crippen LogP) is 0.0729. The molecule has 0 fully saturated rings. The number of aryl methyl sites for hydroxylation is 1. The minimum Gasteiger partial charge on any atom is -1.00 e. The Hall–Kier alpha value is -3.38. The van der Waals surface area contributed by atoms with Gasteiger partial charge in [0.1, 0.15) is 5.65 Å². The first-order chi connectivity index (χ1) is 14.2. The Labute approximate surface area is 182 Å². The van der Waals surface area contributed by atoms with Gasteiger partial charge in [-0.05, 0) is 24.6 Å². The molecule has 0 atom stereocenters. The van der Waals surface area contributed by atoms with E-state index in [-0.39, 0.29) is 18.3 Å². The summed E-state index contributed by atoms with van der Waals surface area (Å²) in [6.45, 7) is 3.34. The lowest BCUT2D eigenvalue weighted by Crippen LogP contribution is -3.00. The van der Waals surface area contributed by atoms with Crippen LogP contribution < -0.4 is 27.6 Å². The minimum absolute atomic E-state index is 0. The Bertz CT molecular complexity index is 1150. The standard InChI is InChI=1S/C23H23N5O.ClH/c1-17-5-3-4-6-20(17)21-16-26-22-15-18(7-13-28(21)22)23(29)25-10-14-27-11-8-19(24-2)9-12-27;/h3-9,11-13,15-16H,10,14H2,1-2H3,(H,25,29);1H. The Balaban J connectivity index is 0.00000256. The number of rotatable bonds is 6. The highest BCUT2D eigenvalue weighted by Crippen LogP contribution is 2.24. The number of fused-ring (bicyclic) bond motifs is 1. The van der Waals surface area contributed by atoms with Crippen molar-refractivity contribution in [3.8, 4) is 11.3 Å². The Morgan fingerprint density at radius 2 is 1.90 bits per heavy atom. The van der Waals surface area contributed by atoms with Crippen LogP contribution in [0.5, 0.6) is 0 Å². The molecule has 0 bridgehead atoms. The van der Waals surface area contributed by atoms with Gasteiger partial charge in [-0.1, -0.05) is 24.3 Å². The van der Waals surface area contributed by atoms with Crippen molar-refractivity contribution < 1.29 is 21.8 Å². The van der Waals surface area contributed by atoms with Crippen molar-refractivity contribution in [1.82, 2.24) is 14.7 Å². The van der Waals surface area contributed by atoms with E-state index in [2.05, 4.69) is 34.7 Å². The minimum atomic E-state index is -0.0969. The van der Waals surface area contributed by atoms with E-state index in [0.29, 0.717) is 18.7 Å². The summed E-state index contributed by atoms with van der Waals surface area (Å²) in [4.78, 5) is 17.0. The first kappa shape index (κ1) is 21.3. The average molecular weight is 422 g/mol. The molecule has 1 amide bonds. The van der Waals surface area contributed by atoms with Crippen LogP contribution in [-0.4, -0.2) is 28.9 Å². The number of imidazole rings is 1. The van der Waals surface area contributed by atoms with Crippen LogP contribution in [-0.2, 0) is 6.54 Å². The topological polar surface area (TPSA) is 62.3 Å². The number of aromatic nitrogens is 3. The van der Waals surface area contributed by atoms with Crippen molar-refractivity contribution in [3.63, 3.8) is 0 Å². The molecule has 0 saturated carbocycles. The molecular weight excluding hydrogens is 398 g/mol. The van der Waals surface area contributed by atoms with Gasteiger partial charge in [0.15, 0.2) is 18.9 Å². The number of nitrogens with zero attached hydrogens (tertiary/aromatic N) is 3. The third-order valence-electron chi connectivity index (χ3n) is 5.03. The van der Waals surface area contributed by atoms with Gasteiger partial charge in [-0.3, -0.25) is 9.20 Å². The zero-order chi connectivity index (χ0) is 20.2. The number of halogens is 1. The first-order valence-corrected chi connectivity index (χ1v) is 9.64. The molecule has 3 aromatic heterocycles. The number of pyridine rings is 2. The smallest absolute Gasteiger partial charge is 0.251 e. The van der Waals surface area contributed by atoms with E-state index in [1.807, 2.05) is 77.2 Å². The Kier molecular flexibility index (Phi) is 6.69. The SMILES string of the molecule is CNc1cc[n+](CCNC(=O)c2ccn3c(-c4ccccc4C)cnc3c2)cc1.[Cl-]. The second-order valence-electron chi connectivity index (χ2n) is 6.93. The fourth-order valence-electron chi connectivity index (χ4n) is 3.36. The van der Waals surface area contributed by atoms with Gasteiger partial charge in [-0.15, -0.1) is 0 Å². The van der Waals surface area contributed by atoms with E-state index in [4.69, 9.17) is 0 Å². The third kappa shape index (κ3) is 4.44. The molecule has 6 nitrogen and oxygen atoms in total. The van der Waals surface area contributed by atoms with Crippen LogP contribution in [0.3, 0.4) is 0 Å². The fraction of sp³-hybridized carbons (Fsp3) is 0.174. The van der Waals surface area contributed by atoms with E-state index >= 15 is 0 Å². The van der Waals surface area contributed by atoms with Crippen molar-refractivity contribution in [3.05, 3.63) is 84.4 Å². The van der Waals surface area contributed by atoms with Crippen molar-refractivity contribution >= 4 is 17.2 Å². The van der Waals surface area contributed by atoms with Gasteiger partial charge in [-0.2, -0.15) is 0 Å². The summed E-state index contributed by atoms with van der Waals surface area (Å²) in [6.07, 6.45) is 7.73. The Morgan fingerprint density at radius 1 is 1.13 bits per heavy atom. The molecule has 3 heterocycles. The highest BCUT2D eigenvalue weighted by atomic mass is 35.5. The van der Waals surface area contributed by atoms with E-state index in [9.17, 15) is 4.79 Å². The maximum atomic E-state index is 12.5. The van der Waals surface area contributed by atoms with Gasteiger partial charge in [0, 0.05) is 42.2 Å². The quantitative estimate of drug-likeness (QED) is 0.433. The second-order valence-corrected chi connectivity index (χ2v) is 6.93. The summed E-state index contributed by atoms with van der Waals surface area (Å²) in [5, 5.41) is 6.06. The van der Waals surface area contributed by atoms with Gasteiger partial charge in [0.2, 0.25) is 0 Å². The van der Waals surface area contributed by atoms with Crippen LogP contribution in [0.1, 0.15) is 15.9 Å². The van der Waals surface area contributed by atoms with Crippen LogP contribution in [0.25, 0.3) is 16.9 Å². The van der Waals surface area contributed by atoms with E-state index in [0.717, 1.165) is 22.6 Å². The average Bonchev–Trinajstić information content (AvgIpc) is 3.17. The van der Waals surface area contributed by atoms with Gasteiger partial charge < -0.3 is 23.0 Å². The summed E-state index contributed by atoms with van der Waals surface area (Å²) in [7, 11) is 1.89. The lowest BCUT2D eigenvalue weighted by Gasteiger charge is -2.07. The van der Waals surface area contributed by atoms with Crippen molar-refractivity contribution in [2.75, 3.05) is 18.9 Å². The van der Waals surface area contributed by atoms with Crippen LogP contribution in [0.4, 0.5) is 5.69 Å². The second kappa shape index (κ2) is 9.41. The monoisotopic (exact) mass is 421 g/mol. The molecule has 4 aromatic rings. The zero-order valence-electron chi connectivity index (χ0n) is 17.0. The van der Waals surface area contributed by atoms with Crippen LogP contribution >= 0.6 is 0 Å². The first-order valence-electron chi connectivity index (χ1n) is 9.64. The molecule has 0 saturated heterocycles. The van der Waals surface area contributed by atoms with Crippen molar-refractivity contribution in [2.45, 2.75) is 13.5 Å². The fourth-order valence-corrected chi connectivity index (χ4v) is 3.36. The lowest BCUT2D eigenvalue weighted by molar-refractivity contribution is -0.694. The molecule has 154 valence electrons. The molecule has 0 unspecified atom stereocenters. The molecule has 0 aliphatic heterocycles. The molecule has 30 heavy (non-hydrogen) atoms. The molecule has 0 radical (unpaired) electrons. The highest BCUT2D eigenvalue weighted by molar-refractivity contribution is 5.95. The Morgan fingerprint density at radius 3 is 2.63 bits per heavy atom. The van der Waals surface area contributed by atoms with Crippen LogP contribution in [0.15, 0.2) is 73.3 Å². The number of hydrogen-bond donors (Lipinski definition) is 2. The summed E-state index contributed by atoms with van der Waals surface area (Å²) < 4.78 is 4.05. The number of amides is 1. The van der Waals surface area contributed by atoms with Gasteiger partial charge in [-0.25, -0.2) is 9.55 Å². The number of nitrogens with one attached hydrogen (secondary N) is 2. The van der Waals surface area contributed by atoms with Crippen LogP contribution in [0.2, 0.25) is 0 Å². The molecule has 0 aliphatic carbocycles. The molecule has 1 aromatic carbocycles. The third-order valence-corrected chi connectivity index (χ3v) is 5.03. The van der Waals surface area contributed by atoms with Crippen LogP contribution in [0, 0.1) is 6.92 Å². The summed E-state index contributed by atoms with van der Waals surface area (Å²) in [5.41, 5.74) is 5.77. The summed E-state index contributed by atoms with van der Waals surface area (Å²) in [6, 6.07) is 15.9. The highest BCUT2D eigenvalue weighted by Gasteiger charge is 2.12. The molecule has 2 N–H and O–H groups in total. The van der Waals surface area contributed by atoms with Gasteiger partial charge in [0.05, 0.1) is 18.4 Å². The maximum absolute atomic E-state index is 12.5. The normalized spacial score (nSPS) is 10.5. The molecular formula is C23H24ClN5O. The maximum Gasteiger partial charge on any atom is 0.251 e. The van der Waals surface area contributed by atoms with E-state index in [1.165, 1.54) is 5.56 Å². The zero-order valence-corrected chi connectivity index (χ0v) is 17.7. The van der Waals surface area contributed by atoms with Gasteiger partial charge >= 0.3 is 0 Å². The van der Waals surface area contributed by atoms with E-state index < -0.39 is 0 Å². The number of anilines is 1. The largest absolute Gasteiger partial charge is 1.00 e. The number of carbonyl (C=O) groups excluding carboxylic acids is 1. The molecule has 7 heteroatoms. The lowest BCUT2D eigenvalue weighted by atomic mass is 10.1. The summed E-state index contributed by atoms with van der Waals surface area (Å²) in [5.74, 6) is -0.0969.